The minimum Gasteiger partial charge on any atom is -0.496 e. The van der Waals surface area contributed by atoms with Crippen LogP contribution in [0.2, 0.25) is 0 Å². The third kappa shape index (κ3) is 3.90. The smallest absolute Gasteiger partial charge is 0.276 e. The van der Waals surface area contributed by atoms with Gasteiger partial charge in [-0.05, 0) is 37.3 Å². The first-order chi connectivity index (χ1) is 17.0. The number of aromatic nitrogens is 4. The van der Waals surface area contributed by atoms with Crippen LogP contribution in [0.3, 0.4) is 0 Å². The van der Waals surface area contributed by atoms with Crippen molar-refractivity contribution in [3.63, 3.8) is 0 Å². The van der Waals surface area contributed by atoms with Gasteiger partial charge in [-0.25, -0.2) is 9.50 Å². The van der Waals surface area contributed by atoms with Gasteiger partial charge in [-0.1, -0.05) is 18.2 Å². The lowest BCUT2D eigenvalue weighted by Crippen LogP contribution is -2.22. The molecule has 0 aliphatic rings. The van der Waals surface area contributed by atoms with Crippen LogP contribution in [0.1, 0.15) is 11.5 Å². The minimum atomic E-state index is -0.191. The van der Waals surface area contributed by atoms with Crippen LogP contribution in [0.5, 0.6) is 17.2 Å². The summed E-state index contributed by atoms with van der Waals surface area (Å²) in [6.07, 6.45) is 3.44. The molecule has 0 radical (unpaired) electrons. The monoisotopic (exact) mass is 472 g/mol. The van der Waals surface area contributed by atoms with Crippen molar-refractivity contribution in [2.45, 2.75) is 13.5 Å². The zero-order valence-corrected chi connectivity index (χ0v) is 19.8. The number of rotatable bonds is 7. The third-order valence-electron chi connectivity index (χ3n) is 5.83. The molecule has 5 aromatic rings. The molecule has 0 bridgehead atoms. The fraction of sp³-hybridized carbons (Fsp3) is 0.192. The Hall–Kier alpha value is -4.53. The molecule has 5 rings (SSSR count). The molecule has 2 aromatic carbocycles. The first-order valence-corrected chi connectivity index (χ1v) is 10.9. The highest BCUT2D eigenvalue weighted by Gasteiger charge is 2.19. The van der Waals surface area contributed by atoms with Crippen molar-refractivity contribution in [3.05, 3.63) is 82.7 Å². The molecule has 35 heavy (non-hydrogen) atoms. The number of aryl methyl sites for hydroxylation is 1. The summed E-state index contributed by atoms with van der Waals surface area (Å²) in [5.74, 6) is 2.81. The maximum atomic E-state index is 13.3. The molecule has 0 amide bonds. The Balaban J connectivity index is 1.51. The molecule has 0 saturated carbocycles. The zero-order valence-electron chi connectivity index (χ0n) is 19.8. The standard InChI is InChI=1S/C26H24N4O5/c1-16-20(27-25(35-16)18-9-7-11-23(33-3)24(18)34-4)15-29-12-13-30-21(26(29)31)14-19(28-30)17-8-5-6-10-22(17)32-2/h5-14H,15H2,1-4H3. The molecule has 9 heteroatoms. The molecule has 0 saturated heterocycles. The van der Waals surface area contributed by atoms with E-state index in [2.05, 4.69) is 10.1 Å². The highest BCUT2D eigenvalue weighted by Crippen LogP contribution is 2.38. The molecule has 0 fully saturated rings. The first-order valence-electron chi connectivity index (χ1n) is 10.9. The van der Waals surface area contributed by atoms with Crippen molar-refractivity contribution >= 4 is 5.52 Å². The Kier molecular flexibility index (Phi) is 5.74. The highest BCUT2D eigenvalue weighted by atomic mass is 16.5. The maximum absolute atomic E-state index is 13.3. The Morgan fingerprint density at radius 1 is 0.914 bits per heavy atom. The summed E-state index contributed by atoms with van der Waals surface area (Å²) in [5, 5.41) is 4.56. The van der Waals surface area contributed by atoms with E-state index in [-0.39, 0.29) is 12.1 Å². The van der Waals surface area contributed by atoms with E-state index in [1.807, 2.05) is 43.3 Å². The van der Waals surface area contributed by atoms with E-state index < -0.39 is 0 Å². The molecule has 0 aliphatic carbocycles. The summed E-state index contributed by atoms with van der Waals surface area (Å²) < 4.78 is 25.4. The van der Waals surface area contributed by atoms with Crippen molar-refractivity contribution in [1.29, 1.82) is 0 Å². The molecule has 0 atom stereocenters. The molecule has 3 aromatic heterocycles. The maximum Gasteiger partial charge on any atom is 0.276 e. The largest absolute Gasteiger partial charge is 0.496 e. The number of fused-ring (bicyclic) bond motifs is 1. The van der Waals surface area contributed by atoms with E-state index in [0.717, 1.165) is 5.56 Å². The van der Waals surface area contributed by atoms with Gasteiger partial charge in [0.25, 0.3) is 5.56 Å². The number of oxazole rings is 1. The van der Waals surface area contributed by atoms with Crippen molar-refractivity contribution in [3.8, 4) is 40.0 Å². The van der Waals surface area contributed by atoms with Gasteiger partial charge in [0.15, 0.2) is 11.5 Å². The lowest BCUT2D eigenvalue weighted by Gasteiger charge is -2.10. The molecule has 0 N–H and O–H groups in total. The van der Waals surface area contributed by atoms with E-state index in [1.165, 1.54) is 0 Å². The molecular weight excluding hydrogens is 448 g/mol. The quantitative estimate of drug-likeness (QED) is 0.350. The van der Waals surface area contributed by atoms with Crippen LogP contribution in [0.25, 0.3) is 28.2 Å². The second-order valence-corrected chi connectivity index (χ2v) is 7.85. The Labute approximate surface area is 201 Å². The first kappa shape index (κ1) is 22.3. The summed E-state index contributed by atoms with van der Waals surface area (Å²) in [7, 11) is 4.75. The average Bonchev–Trinajstić information content (AvgIpc) is 3.49. The highest BCUT2D eigenvalue weighted by molar-refractivity contribution is 5.71. The lowest BCUT2D eigenvalue weighted by atomic mass is 10.1. The van der Waals surface area contributed by atoms with Crippen LogP contribution in [-0.4, -0.2) is 40.5 Å². The molecule has 3 heterocycles. The van der Waals surface area contributed by atoms with Gasteiger partial charge in [-0.2, -0.15) is 5.10 Å². The minimum absolute atomic E-state index is 0.191. The Bertz CT molecular complexity index is 1580. The van der Waals surface area contributed by atoms with Crippen LogP contribution in [0, 0.1) is 6.92 Å². The van der Waals surface area contributed by atoms with E-state index in [9.17, 15) is 4.79 Å². The number of para-hydroxylation sites is 2. The predicted molar refractivity (Wildman–Crippen MR) is 130 cm³/mol. The van der Waals surface area contributed by atoms with Crippen LogP contribution < -0.4 is 19.8 Å². The second kappa shape index (κ2) is 9.02. The van der Waals surface area contributed by atoms with Gasteiger partial charge in [0.1, 0.15) is 22.7 Å². The van der Waals surface area contributed by atoms with E-state index in [0.29, 0.717) is 51.4 Å². The Morgan fingerprint density at radius 2 is 1.66 bits per heavy atom. The topological polar surface area (TPSA) is 93.0 Å². The second-order valence-electron chi connectivity index (χ2n) is 7.85. The molecule has 9 nitrogen and oxygen atoms in total. The van der Waals surface area contributed by atoms with E-state index in [4.69, 9.17) is 18.6 Å². The molecule has 0 aliphatic heterocycles. The number of benzene rings is 2. The van der Waals surface area contributed by atoms with Gasteiger partial charge in [-0.15, -0.1) is 0 Å². The number of ether oxygens (including phenoxy) is 3. The molecule has 178 valence electrons. The van der Waals surface area contributed by atoms with Gasteiger partial charge in [-0.3, -0.25) is 4.79 Å². The van der Waals surface area contributed by atoms with Crippen LogP contribution in [0.15, 0.2) is 70.1 Å². The summed E-state index contributed by atoms with van der Waals surface area (Å²) in [4.78, 5) is 17.9. The molecular formula is C26H24N4O5. The van der Waals surface area contributed by atoms with Gasteiger partial charge >= 0.3 is 0 Å². The predicted octanol–water partition coefficient (Wildman–Crippen LogP) is 4.20. The zero-order chi connectivity index (χ0) is 24.5. The van der Waals surface area contributed by atoms with Crippen molar-refractivity contribution < 1.29 is 18.6 Å². The van der Waals surface area contributed by atoms with Crippen molar-refractivity contribution in [1.82, 2.24) is 19.2 Å². The summed E-state index contributed by atoms with van der Waals surface area (Å²) in [6, 6.07) is 14.8. The average molecular weight is 473 g/mol. The van der Waals surface area contributed by atoms with Crippen molar-refractivity contribution in [2.75, 3.05) is 21.3 Å². The number of methoxy groups -OCH3 is 3. The Morgan fingerprint density at radius 3 is 2.43 bits per heavy atom. The normalized spacial score (nSPS) is 11.1. The van der Waals surface area contributed by atoms with Crippen molar-refractivity contribution in [2.24, 2.45) is 0 Å². The van der Waals surface area contributed by atoms with E-state index in [1.54, 1.807) is 54.9 Å². The SMILES string of the molecule is COc1ccccc1-c1cc2c(=O)n(Cc3nc(-c4cccc(OC)c4OC)oc3C)ccn2n1. The van der Waals surface area contributed by atoms with Crippen LogP contribution in [0.4, 0.5) is 0 Å². The number of hydrogen-bond donors (Lipinski definition) is 0. The summed E-state index contributed by atoms with van der Waals surface area (Å²) in [5.41, 5.74) is 3.03. The van der Waals surface area contributed by atoms with Gasteiger partial charge < -0.3 is 23.2 Å². The number of hydrogen-bond acceptors (Lipinski definition) is 7. The van der Waals surface area contributed by atoms with Gasteiger partial charge in [0.05, 0.1) is 39.1 Å². The van der Waals surface area contributed by atoms with Gasteiger partial charge in [0.2, 0.25) is 5.89 Å². The third-order valence-corrected chi connectivity index (χ3v) is 5.83. The lowest BCUT2D eigenvalue weighted by molar-refractivity contribution is 0.355. The molecule has 0 spiro atoms. The fourth-order valence-corrected chi connectivity index (χ4v) is 4.05. The number of nitrogens with zero attached hydrogens (tertiary/aromatic N) is 4. The van der Waals surface area contributed by atoms with E-state index >= 15 is 0 Å². The molecule has 0 unspecified atom stereocenters. The summed E-state index contributed by atoms with van der Waals surface area (Å²) >= 11 is 0. The fourth-order valence-electron chi connectivity index (χ4n) is 4.05. The van der Waals surface area contributed by atoms with Crippen LogP contribution >= 0.6 is 0 Å². The van der Waals surface area contributed by atoms with Crippen LogP contribution in [-0.2, 0) is 6.54 Å². The summed E-state index contributed by atoms with van der Waals surface area (Å²) in [6.45, 7) is 2.06. The van der Waals surface area contributed by atoms with Gasteiger partial charge in [0, 0.05) is 18.0 Å².